The Bertz CT molecular complexity index is 1300. The van der Waals surface area contributed by atoms with Crippen LogP contribution in [0.2, 0.25) is 4.34 Å². The van der Waals surface area contributed by atoms with E-state index in [-0.39, 0.29) is 13.1 Å². The number of methoxy groups -OCH3 is 1. The Kier molecular flexibility index (Phi) is 6.33. The summed E-state index contributed by atoms with van der Waals surface area (Å²) in [5, 5.41) is 1.82. The maximum atomic E-state index is 13.0. The monoisotopic (exact) mass is 494 g/mol. The van der Waals surface area contributed by atoms with Gasteiger partial charge in [-0.3, -0.25) is 14.6 Å². The van der Waals surface area contributed by atoms with Crippen LogP contribution in [0.3, 0.4) is 0 Å². The second kappa shape index (κ2) is 9.02. The maximum absolute atomic E-state index is 13.0. The van der Waals surface area contributed by atoms with Crippen molar-refractivity contribution in [2.24, 2.45) is 0 Å². The lowest BCUT2D eigenvalue weighted by Crippen LogP contribution is -2.60. The van der Waals surface area contributed by atoms with Crippen molar-refractivity contribution in [2.45, 2.75) is 12.6 Å². The largest absolute Gasteiger partial charge is 0.468 e. The summed E-state index contributed by atoms with van der Waals surface area (Å²) in [6, 6.07) is 5.81. The third-order valence-electron chi connectivity index (χ3n) is 5.09. The molecule has 3 aromatic heterocycles. The Hall–Kier alpha value is -2.73. The van der Waals surface area contributed by atoms with Crippen LogP contribution in [0.4, 0.5) is 0 Å². The fraction of sp³-hybridized carbons (Fsp3) is 0.250. The zero-order valence-corrected chi connectivity index (χ0v) is 19.3. The van der Waals surface area contributed by atoms with E-state index in [2.05, 4.69) is 9.97 Å². The molecule has 0 aromatic carbocycles. The molecule has 1 saturated heterocycles. The molecule has 9 nitrogen and oxygen atoms in total. The molecule has 1 amide bonds. The molecule has 4 rings (SSSR count). The SMILES string of the molecule is COC(=O)C1CN(Cc2nccc3[nH]ccc23)C(=O)CN1S(=O)(=O)C=Cc1ccc(Cl)s1. The van der Waals surface area contributed by atoms with Gasteiger partial charge in [0.1, 0.15) is 6.04 Å². The third kappa shape index (κ3) is 4.56. The average Bonchev–Trinajstić information content (AvgIpc) is 3.42. The van der Waals surface area contributed by atoms with E-state index in [4.69, 9.17) is 16.3 Å². The molecule has 0 spiro atoms. The summed E-state index contributed by atoms with van der Waals surface area (Å²) in [7, 11) is -2.90. The van der Waals surface area contributed by atoms with Gasteiger partial charge in [-0.2, -0.15) is 4.31 Å². The molecule has 1 N–H and O–H groups in total. The number of carbonyl (C=O) groups is 2. The zero-order chi connectivity index (χ0) is 22.9. The van der Waals surface area contributed by atoms with Gasteiger partial charge in [-0.05, 0) is 30.3 Å². The van der Waals surface area contributed by atoms with Gasteiger partial charge in [-0.15, -0.1) is 11.3 Å². The fourth-order valence-corrected chi connectivity index (χ4v) is 5.81. The maximum Gasteiger partial charge on any atom is 0.326 e. The lowest BCUT2D eigenvalue weighted by atomic mass is 10.1. The number of thiophene rings is 1. The van der Waals surface area contributed by atoms with Crippen molar-refractivity contribution in [3.63, 3.8) is 0 Å². The summed E-state index contributed by atoms with van der Waals surface area (Å²) in [6.07, 6.45) is 4.78. The zero-order valence-electron chi connectivity index (χ0n) is 16.9. The van der Waals surface area contributed by atoms with Gasteiger partial charge in [0.2, 0.25) is 15.9 Å². The number of aromatic amines is 1. The fourth-order valence-electron chi connectivity index (χ4n) is 3.49. The number of nitrogens with zero attached hydrogens (tertiary/aromatic N) is 3. The predicted octanol–water partition coefficient (Wildman–Crippen LogP) is 2.46. The first-order valence-electron chi connectivity index (χ1n) is 9.50. The van der Waals surface area contributed by atoms with E-state index in [1.165, 1.54) is 29.4 Å². The van der Waals surface area contributed by atoms with E-state index < -0.39 is 34.5 Å². The van der Waals surface area contributed by atoms with Crippen molar-refractivity contribution in [2.75, 3.05) is 20.2 Å². The number of amides is 1. The topological polar surface area (TPSA) is 113 Å². The lowest BCUT2D eigenvalue weighted by Gasteiger charge is -2.37. The number of sulfonamides is 1. The van der Waals surface area contributed by atoms with Crippen molar-refractivity contribution in [3.8, 4) is 0 Å². The van der Waals surface area contributed by atoms with Gasteiger partial charge in [-0.1, -0.05) is 11.6 Å². The normalized spacial score (nSPS) is 18.0. The molecule has 0 saturated carbocycles. The Labute approximate surface area is 193 Å². The molecule has 32 heavy (non-hydrogen) atoms. The minimum Gasteiger partial charge on any atom is -0.468 e. The van der Waals surface area contributed by atoms with Gasteiger partial charge in [-0.25, -0.2) is 8.42 Å². The predicted molar refractivity (Wildman–Crippen MR) is 121 cm³/mol. The molecule has 1 aliphatic heterocycles. The summed E-state index contributed by atoms with van der Waals surface area (Å²) in [5.74, 6) is -1.18. The number of hydrogen-bond acceptors (Lipinski definition) is 7. The summed E-state index contributed by atoms with van der Waals surface area (Å²) in [4.78, 5) is 34.8. The van der Waals surface area contributed by atoms with E-state index in [1.54, 1.807) is 24.5 Å². The molecule has 0 bridgehead atoms. The first-order chi connectivity index (χ1) is 15.3. The molecule has 1 unspecified atom stereocenters. The molecule has 1 fully saturated rings. The minimum atomic E-state index is -4.08. The van der Waals surface area contributed by atoms with Gasteiger partial charge in [0.25, 0.3) is 0 Å². The van der Waals surface area contributed by atoms with Gasteiger partial charge in [0.15, 0.2) is 0 Å². The number of aromatic nitrogens is 2. The van der Waals surface area contributed by atoms with Crippen LogP contribution in [0.15, 0.2) is 42.1 Å². The molecule has 168 valence electrons. The number of ether oxygens (including phenoxy) is 1. The van der Waals surface area contributed by atoms with E-state index in [1.807, 2.05) is 12.1 Å². The van der Waals surface area contributed by atoms with Crippen LogP contribution in [-0.4, -0.2) is 65.7 Å². The number of carbonyl (C=O) groups excluding carboxylic acids is 2. The smallest absolute Gasteiger partial charge is 0.326 e. The first kappa shape index (κ1) is 22.5. The minimum absolute atomic E-state index is 0.138. The molecule has 0 radical (unpaired) electrons. The molecule has 12 heteroatoms. The number of pyridine rings is 1. The molecular formula is C20H19ClN4O5S2. The van der Waals surface area contributed by atoms with Crippen LogP contribution in [0.5, 0.6) is 0 Å². The van der Waals surface area contributed by atoms with Gasteiger partial charge >= 0.3 is 5.97 Å². The number of rotatable bonds is 6. The molecular weight excluding hydrogens is 476 g/mol. The number of fused-ring (bicyclic) bond motifs is 1. The second-order valence-electron chi connectivity index (χ2n) is 7.04. The molecule has 3 aromatic rings. The number of piperazine rings is 1. The van der Waals surface area contributed by atoms with E-state index >= 15 is 0 Å². The van der Waals surface area contributed by atoms with E-state index in [0.717, 1.165) is 20.6 Å². The first-order valence-corrected chi connectivity index (χ1v) is 12.2. The van der Waals surface area contributed by atoms with Crippen molar-refractivity contribution in [3.05, 3.63) is 57.0 Å². The van der Waals surface area contributed by atoms with Crippen molar-refractivity contribution in [1.29, 1.82) is 0 Å². The van der Waals surface area contributed by atoms with Crippen molar-refractivity contribution in [1.82, 2.24) is 19.2 Å². The van der Waals surface area contributed by atoms with Crippen LogP contribution in [-0.2, 0) is 30.9 Å². The summed E-state index contributed by atoms with van der Waals surface area (Å²) in [5.41, 5.74) is 1.51. The molecule has 4 heterocycles. The number of nitrogens with one attached hydrogen (secondary N) is 1. The number of hydrogen-bond donors (Lipinski definition) is 1. The molecule has 1 atom stereocenters. The number of esters is 1. The highest BCUT2D eigenvalue weighted by molar-refractivity contribution is 7.92. The van der Waals surface area contributed by atoms with Gasteiger partial charge in [0, 0.05) is 40.1 Å². The van der Waals surface area contributed by atoms with Crippen LogP contribution in [0.1, 0.15) is 10.6 Å². The summed E-state index contributed by atoms with van der Waals surface area (Å²) in [6.45, 7) is -0.494. The Morgan fingerprint density at radius 3 is 2.91 bits per heavy atom. The number of halogens is 1. The Balaban J connectivity index is 1.59. The van der Waals surface area contributed by atoms with Gasteiger partial charge in [0.05, 0.1) is 30.2 Å². The highest BCUT2D eigenvalue weighted by Crippen LogP contribution is 2.25. The van der Waals surface area contributed by atoms with Crippen LogP contribution in [0.25, 0.3) is 17.0 Å². The average molecular weight is 495 g/mol. The van der Waals surface area contributed by atoms with Crippen LogP contribution < -0.4 is 0 Å². The molecule has 0 aliphatic carbocycles. The summed E-state index contributed by atoms with van der Waals surface area (Å²) < 4.78 is 32.1. The van der Waals surface area contributed by atoms with Crippen molar-refractivity contribution >= 4 is 61.8 Å². The Morgan fingerprint density at radius 1 is 1.38 bits per heavy atom. The van der Waals surface area contributed by atoms with Crippen LogP contribution in [0, 0.1) is 0 Å². The van der Waals surface area contributed by atoms with E-state index in [9.17, 15) is 18.0 Å². The van der Waals surface area contributed by atoms with Crippen LogP contribution >= 0.6 is 22.9 Å². The van der Waals surface area contributed by atoms with E-state index in [0.29, 0.717) is 14.9 Å². The highest BCUT2D eigenvalue weighted by atomic mass is 35.5. The lowest BCUT2D eigenvalue weighted by molar-refractivity contribution is -0.151. The second-order valence-corrected chi connectivity index (χ2v) is 10.6. The third-order valence-corrected chi connectivity index (χ3v) is 7.80. The Morgan fingerprint density at radius 2 is 2.19 bits per heavy atom. The summed E-state index contributed by atoms with van der Waals surface area (Å²) >= 11 is 7.09. The number of H-pyrrole nitrogens is 1. The standard InChI is InChI=1S/C20H19ClN4O5S2/c1-30-20(27)17-11-24(10-16-14-4-7-22-15(14)5-8-23-16)19(26)12-25(17)32(28,29)9-6-13-2-3-18(21)31-13/h2-9,17,22H,10-12H2,1H3. The molecule has 1 aliphatic rings. The van der Waals surface area contributed by atoms with Gasteiger partial charge < -0.3 is 14.6 Å². The highest BCUT2D eigenvalue weighted by Gasteiger charge is 2.42. The quantitative estimate of drug-likeness (QED) is 0.527. The van der Waals surface area contributed by atoms with Crippen molar-refractivity contribution < 1.29 is 22.7 Å².